The Labute approximate surface area is 124 Å². The van der Waals surface area contributed by atoms with Gasteiger partial charge >= 0.3 is 0 Å². The number of benzene rings is 3. The molecule has 2 nitrogen and oxygen atoms in total. The molecule has 0 aromatic heterocycles. The Morgan fingerprint density at radius 1 is 0.476 bits per heavy atom. The van der Waals surface area contributed by atoms with Gasteiger partial charge in [0.15, 0.2) is 0 Å². The Hall–Kier alpha value is -2.42. The van der Waals surface area contributed by atoms with Crippen LogP contribution in [0.2, 0.25) is 0 Å². The molecule has 0 unspecified atom stereocenters. The van der Waals surface area contributed by atoms with Gasteiger partial charge in [-0.1, -0.05) is 91.0 Å². The molecule has 3 aromatic rings. The summed E-state index contributed by atoms with van der Waals surface area (Å²) in [7, 11) is 0. The lowest BCUT2D eigenvalue weighted by Gasteiger charge is -2.30. The van der Waals surface area contributed by atoms with Gasteiger partial charge in [-0.05, 0) is 16.7 Å². The monoisotopic (exact) mass is 278 g/mol. The molecule has 0 spiro atoms. The normalized spacial score (nSPS) is 10.7. The number of rotatable bonds is 3. The van der Waals surface area contributed by atoms with Crippen molar-refractivity contribution in [2.75, 3.05) is 0 Å². The van der Waals surface area contributed by atoms with E-state index in [9.17, 15) is 5.11 Å². The highest BCUT2D eigenvalue weighted by atomic mass is 16.3. The molecule has 0 aliphatic rings. The Balaban J connectivity index is 0.00000161. The summed E-state index contributed by atoms with van der Waals surface area (Å²) < 4.78 is 0. The molecule has 0 heterocycles. The highest BCUT2D eigenvalue weighted by molar-refractivity contribution is 5.46. The van der Waals surface area contributed by atoms with Crippen LogP contribution in [0.5, 0.6) is 0 Å². The fraction of sp³-hybridized carbons (Fsp3) is 0.0526. The maximum atomic E-state index is 11.4. The summed E-state index contributed by atoms with van der Waals surface area (Å²) in [5.74, 6) is 0. The third kappa shape index (κ3) is 2.72. The lowest BCUT2D eigenvalue weighted by molar-refractivity contribution is 0.125. The summed E-state index contributed by atoms with van der Waals surface area (Å²) in [6, 6.07) is 29.3. The van der Waals surface area contributed by atoms with Crippen LogP contribution in [0.4, 0.5) is 0 Å². The molecule has 0 fully saturated rings. The van der Waals surface area contributed by atoms with Gasteiger partial charge in [0.2, 0.25) is 0 Å². The molecule has 0 bridgehead atoms. The average molecular weight is 278 g/mol. The van der Waals surface area contributed by atoms with E-state index in [1.54, 1.807) is 0 Å². The zero-order valence-electron chi connectivity index (χ0n) is 11.6. The van der Waals surface area contributed by atoms with E-state index >= 15 is 0 Å². The first-order valence-corrected chi connectivity index (χ1v) is 6.71. The molecule has 0 atom stereocenters. The molecule has 2 heteroatoms. The largest absolute Gasteiger partial charge is 0.412 e. The van der Waals surface area contributed by atoms with Gasteiger partial charge in [0.05, 0.1) is 0 Å². The maximum Gasteiger partial charge on any atom is 0.140 e. The maximum absolute atomic E-state index is 11.4. The SMILES string of the molecule is O.OC(c1ccccc1)(c1ccccc1)c1ccccc1. The van der Waals surface area contributed by atoms with Crippen LogP contribution < -0.4 is 0 Å². The van der Waals surface area contributed by atoms with Gasteiger partial charge < -0.3 is 10.6 Å². The summed E-state index contributed by atoms with van der Waals surface area (Å²) >= 11 is 0. The molecule has 0 radical (unpaired) electrons. The first kappa shape index (κ1) is 15.0. The van der Waals surface area contributed by atoms with Crippen LogP contribution in [-0.2, 0) is 5.60 Å². The molecular weight excluding hydrogens is 260 g/mol. The Kier molecular flexibility index (Phi) is 4.53. The fourth-order valence-electron chi connectivity index (χ4n) is 2.54. The van der Waals surface area contributed by atoms with Gasteiger partial charge in [0.1, 0.15) is 5.60 Å². The van der Waals surface area contributed by atoms with E-state index in [-0.39, 0.29) is 5.48 Å². The smallest absolute Gasteiger partial charge is 0.140 e. The third-order valence-corrected chi connectivity index (χ3v) is 3.57. The molecule has 3 rings (SSSR count). The van der Waals surface area contributed by atoms with Crippen LogP contribution in [0, 0.1) is 0 Å². The quantitative estimate of drug-likeness (QED) is 0.735. The van der Waals surface area contributed by atoms with Crippen LogP contribution >= 0.6 is 0 Å². The summed E-state index contributed by atoms with van der Waals surface area (Å²) in [6.07, 6.45) is 0. The van der Waals surface area contributed by atoms with Crippen molar-refractivity contribution in [2.45, 2.75) is 5.60 Å². The number of hydrogen-bond acceptors (Lipinski definition) is 1. The zero-order chi connectivity index (χ0) is 13.8. The minimum absolute atomic E-state index is 0. The lowest BCUT2D eigenvalue weighted by atomic mass is 9.80. The van der Waals surface area contributed by atoms with Crippen LogP contribution in [0.3, 0.4) is 0 Å². The summed E-state index contributed by atoms with van der Waals surface area (Å²) in [5.41, 5.74) is 1.50. The Morgan fingerprint density at radius 3 is 0.952 bits per heavy atom. The molecule has 0 aliphatic carbocycles. The van der Waals surface area contributed by atoms with Gasteiger partial charge in [-0.25, -0.2) is 0 Å². The minimum Gasteiger partial charge on any atom is -0.412 e. The summed E-state index contributed by atoms with van der Waals surface area (Å²) in [4.78, 5) is 0. The fourth-order valence-corrected chi connectivity index (χ4v) is 2.54. The zero-order valence-corrected chi connectivity index (χ0v) is 11.6. The van der Waals surface area contributed by atoms with Gasteiger partial charge in [0.25, 0.3) is 0 Å². The van der Waals surface area contributed by atoms with Gasteiger partial charge in [-0.3, -0.25) is 0 Å². The van der Waals surface area contributed by atoms with Crippen molar-refractivity contribution in [3.63, 3.8) is 0 Å². The second kappa shape index (κ2) is 6.35. The van der Waals surface area contributed by atoms with E-state index in [1.807, 2.05) is 91.0 Å². The Bertz CT molecular complexity index is 567. The van der Waals surface area contributed by atoms with E-state index in [1.165, 1.54) is 0 Å². The van der Waals surface area contributed by atoms with E-state index < -0.39 is 5.60 Å². The molecule has 3 N–H and O–H groups in total. The number of aliphatic hydroxyl groups is 1. The van der Waals surface area contributed by atoms with Crippen LogP contribution in [0.25, 0.3) is 0 Å². The molecule has 0 aliphatic heterocycles. The van der Waals surface area contributed by atoms with E-state index in [0.29, 0.717) is 0 Å². The number of hydrogen-bond donors (Lipinski definition) is 1. The van der Waals surface area contributed by atoms with Crippen molar-refractivity contribution >= 4 is 0 Å². The van der Waals surface area contributed by atoms with Crippen molar-refractivity contribution in [1.82, 2.24) is 0 Å². The second-order valence-electron chi connectivity index (χ2n) is 4.81. The minimum atomic E-state index is -1.12. The highest BCUT2D eigenvalue weighted by Crippen LogP contribution is 2.36. The molecule has 0 amide bonds. The van der Waals surface area contributed by atoms with Crippen molar-refractivity contribution in [3.05, 3.63) is 108 Å². The molecule has 106 valence electrons. The Morgan fingerprint density at radius 2 is 0.714 bits per heavy atom. The summed E-state index contributed by atoms with van der Waals surface area (Å²) in [6.45, 7) is 0. The molecule has 3 aromatic carbocycles. The van der Waals surface area contributed by atoms with Gasteiger partial charge in [-0.15, -0.1) is 0 Å². The van der Waals surface area contributed by atoms with E-state index in [2.05, 4.69) is 0 Å². The summed E-state index contributed by atoms with van der Waals surface area (Å²) in [5, 5.41) is 11.4. The van der Waals surface area contributed by atoms with Crippen molar-refractivity contribution < 1.29 is 10.6 Å². The molecule has 0 saturated carbocycles. The van der Waals surface area contributed by atoms with Crippen LogP contribution in [-0.4, -0.2) is 10.6 Å². The second-order valence-corrected chi connectivity index (χ2v) is 4.81. The van der Waals surface area contributed by atoms with Gasteiger partial charge in [-0.2, -0.15) is 0 Å². The van der Waals surface area contributed by atoms with E-state index in [4.69, 9.17) is 0 Å². The third-order valence-electron chi connectivity index (χ3n) is 3.57. The van der Waals surface area contributed by atoms with Crippen molar-refractivity contribution in [1.29, 1.82) is 0 Å². The standard InChI is InChI=1S/C19H16O.H2O/c20-19(16-10-4-1-5-11-16,17-12-6-2-7-13-17)18-14-8-3-9-15-18;/h1-15,20H;1H2. The predicted molar refractivity (Wildman–Crippen MR) is 85.0 cm³/mol. The van der Waals surface area contributed by atoms with Crippen LogP contribution in [0.15, 0.2) is 91.0 Å². The topological polar surface area (TPSA) is 51.7 Å². The van der Waals surface area contributed by atoms with Crippen molar-refractivity contribution in [2.24, 2.45) is 0 Å². The van der Waals surface area contributed by atoms with E-state index in [0.717, 1.165) is 16.7 Å². The highest BCUT2D eigenvalue weighted by Gasteiger charge is 2.33. The molecular formula is C19H18O2. The molecule has 0 saturated heterocycles. The van der Waals surface area contributed by atoms with Crippen LogP contribution in [0.1, 0.15) is 16.7 Å². The first-order chi connectivity index (χ1) is 9.82. The predicted octanol–water partition coefficient (Wildman–Crippen LogP) is 3.15. The molecule has 21 heavy (non-hydrogen) atoms. The van der Waals surface area contributed by atoms with Gasteiger partial charge in [0, 0.05) is 0 Å². The average Bonchev–Trinajstić information content (AvgIpc) is 2.56. The lowest BCUT2D eigenvalue weighted by Crippen LogP contribution is -2.28. The first-order valence-electron chi connectivity index (χ1n) is 6.71. The van der Waals surface area contributed by atoms with Crippen molar-refractivity contribution in [3.8, 4) is 0 Å².